The maximum Gasteiger partial charge on any atom is 0.471 e. The number of hydrogen-bond acceptors (Lipinski definition) is 11. The summed E-state index contributed by atoms with van der Waals surface area (Å²) in [6.45, 7) is 2.92. The third-order valence-corrected chi connectivity index (χ3v) is 9.03. The maximum atomic E-state index is 14.3. The second-order valence-electron chi connectivity index (χ2n) is 14.1. The molecule has 6 N–H and O–H groups in total. The second kappa shape index (κ2) is 12.4. The summed E-state index contributed by atoms with van der Waals surface area (Å²) in [6.07, 6.45) is -5.40. The van der Waals surface area contributed by atoms with E-state index in [1.165, 1.54) is 25.1 Å². The summed E-state index contributed by atoms with van der Waals surface area (Å²) >= 11 is 0. The molecule has 1 fully saturated rings. The molecule has 0 heterocycles. The van der Waals surface area contributed by atoms with Crippen LogP contribution in [0.5, 0.6) is 5.75 Å². The van der Waals surface area contributed by atoms with E-state index in [9.17, 15) is 57.9 Å². The van der Waals surface area contributed by atoms with Crippen molar-refractivity contribution in [3.63, 3.8) is 0 Å². The largest absolute Gasteiger partial charge is 0.508 e. The molecule has 0 spiro atoms. The molecular formula is C32H41F3N4O9. The van der Waals surface area contributed by atoms with Crippen molar-refractivity contribution in [1.29, 1.82) is 0 Å². The number of nitrogens with zero attached hydrogens (tertiary/aromatic N) is 3. The fraction of sp³-hybridized carbons (Fsp3) is 0.562. The second-order valence-corrected chi connectivity index (χ2v) is 14.1. The van der Waals surface area contributed by atoms with Crippen LogP contribution in [0.15, 0.2) is 23.0 Å². The van der Waals surface area contributed by atoms with Crippen molar-refractivity contribution >= 4 is 34.8 Å². The van der Waals surface area contributed by atoms with Crippen LogP contribution in [0, 0.1) is 17.3 Å². The fourth-order valence-corrected chi connectivity index (χ4v) is 7.16. The number of rotatable bonds is 7. The van der Waals surface area contributed by atoms with Gasteiger partial charge < -0.3 is 40.6 Å². The molecule has 1 aromatic rings. The Kier molecular flexibility index (Phi) is 9.46. The number of benzene rings is 1. The number of ketones is 2. The highest BCUT2D eigenvalue weighted by molar-refractivity contribution is 6.25. The Morgan fingerprint density at radius 3 is 2.17 bits per heavy atom. The van der Waals surface area contributed by atoms with E-state index in [0.29, 0.717) is 16.2 Å². The lowest BCUT2D eigenvalue weighted by Gasteiger charge is -2.50. The van der Waals surface area contributed by atoms with Crippen molar-refractivity contribution in [2.75, 3.05) is 46.4 Å². The molecule has 2 amide bonds. The van der Waals surface area contributed by atoms with Gasteiger partial charge in [0.15, 0.2) is 11.4 Å². The van der Waals surface area contributed by atoms with Crippen LogP contribution < -0.4 is 10.2 Å². The molecule has 0 aliphatic heterocycles. The van der Waals surface area contributed by atoms with E-state index >= 15 is 0 Å². The number of halogens is 3. The van der Waals surface area contributed by atoms with Crippen LogP contribution in [-0.2, 0) is 32.1 Å². The molecule has 0 unspecified atom stereocenters. The molecule has 48 heavy (non-hydrogen) atoms. The number of Topliss-reactive ketones (excluding diaryl/α,β-unsaturated/α-hetero) is 2. The number of aliphatic hydroxyl groups is 4. The summed E-state index contributed by atoms with van der Waals surface area (Å²) < 4.78 is 40.9. The van der Waals surface area contributed by atoms with Gasteiger partial charge in [-0.25, -0.2) is 0 Å². The van der Waals surface area contributed by atoms with Crippen LogP contribution in [-0.4, -0.2) is 118 Å². The quantitative estimate of drug-likeness (QED) is 0.181. The molecule has 1 aromatic carbocycles. The number of aliphatic hydroxyl groups excluding tert-OH is 3. The van der Waals surface area contributed by atoms with Gasteiger partial charge in [-0.15, -0.1) is 0 Å². The summed E-state index contributed by atoms with van der Waals surface area (Å²) in [6, 6.07) is 0.114. The van der Waals surface area contributed by atoms with Crippen molar-refractivity contribution in [1.82, 2.24) is 15.1 Å². The predicted molar refractivity (Wildman–Crippen MR) is 166 cm³/mol. The van der Waals surface area contributed by atoms with E-state index in [1.54, 1.807) is 39.8 Å². The van der Waals surface area contributed by atoms with Crippen LogP contribution in [0.4, 0.5) is 18.9 Å². The van der Waals surface area contributed by atoms with Crippen LogP contribution in [0.3, 0.4) is 0 Å². The predicted octanol–water partition coefficient (Wildman–Crippen LogP) is 1.55. The molecule has 264 valence electrons. The number of hydrogen-bond donors (Lipinski definition) is 6. The Hall–Kier alpha value is -4.15. The van der Waals surface area contributed by atoms with Crippen molar-refractivity contribution in [2.24, 2.45) is 17.3 Å². The molecule has 0 radical (unpaired) electrons. The Bertz CT molecular complexity index is 1630. The van der Waals surface area contributed by atoms with Gasteiger partial charge in [0, 0.05) is 49.9 Å². The number of phenols is 1. The van der Waals surface area contributed by atoms with Gasteiger partial charge in [-0.05, 0) is 49.9 Å². The lowest BCUT2D eigenvalue weighted by atomic mass is 9.57. The molecule has 4 rings (SSSR count). The van der Waals surface area contributed by atoms with Gasteiger partial charge in [-0.3, -0.25) is 24.1 Å². The zero-order chi connectivity index (χ0) is 36.4. The average Bonchev–Trinajstić information content (AvgIpc) is 2.94. The summed E-state index contributed by atoms with van der Waals surface area (Å²) in [4.78, 5) is 56.5. The highest BCUT2D eigenvalue weighted by atomic mass is 19.4. The molecule has 3 aliphatic carbocycles. The SMILES string of the molecule is CN(C)c1cc(CN(CC(C)(C)C)C(=O)C(F)(F)F)c(O)c2c1C[C@H]1C[C@H]3[C@H](N(C)C)C(=O)C(C(=O)NCO)=C(O)[C@@]3(O)C(=O)C1=C2O. The van der Waals surface area contributed by atoms with E-state index in [1.807, 2.05) is 5.32 Å². The molecule has 4 atom stereocenters. The van der Waals surface area contributed by atoms with Crippen molar-refractivity contribution in [3.05, 3.63) is 39.7 Å². The first-order valence-electron chi connectivity index (χ1n) is 15.1. The molecule has 0 bridgehead atoms. The molecule has 3 aliphatic rings. The van der Waals surface area contributed by atoms with Gasteiger partial charge in [0.1, 0.15) is 29.6 Å². The van der Waals surface area contributed by atoms with Crippen molar-refractivity contribution < 1.29 is 57.9 Å². The number of fused-ring (bicyclic) bond motifs is 3. The van der Waals surface area contributed by atoms with E-state index in [0.717, 1.165) is 0 Å². The first-order valence-corrected chi connectivity index (χ1v) is 15.1. The number of anilines is 1. The van der Waals surface area contributed by atoms with Crippen LogP contribution >= 0.6 is 0 Å². The van der Waals surface area contributed by atoms with Gasteiger partial charge in [0.25, 0.3) is 5.91 Å². The van der Waals surface area contributed by atoms with Gasteiger partial charge in [0.2, 0.25) is 5.78 Å². The summed E-state index contributed by atoms with van der Waals surface area (Å²) in [5, 5.41) is 57.5. The highest BCUT2D eigenvalue weighted by Crippen LogP contribution is 2.54. The molecule has 1 saturated carbocycles. The van der Waals surface area contributed by atoms with Gasteiger partial charge in [-0.1, -0.05) is 20.8 Å². The maximum absolute atomic E-state index is 14.3. The van der Waals surface area contributed by atoms with E-state index < -0.39 is 100 Å². The monoisotopic (exact) mass is 682 g/mol. The van der Waals surface area contributed by atoms with Crippen molar-refractivity contribution in [3.8, 4) is 5.75 Å². The average molecular weight is 683 g/mol. The fourth-order valence-electron chi connectivity index (χ4n) is 7.16. The minimum Gasteiger partial charge on any atom is -0.508 e. The molecule has 0 saturated heterocycles. The lowest BCUT2D eigenvalue weighted by molar-refractivity contribution is -0.187. The standard InChI is InChI=1S/C32H41F3N4O9/c1-30(2,3)12-39(29(47)32(33,34)35)11-15-10-18(37(4)5)16-8-14-9-17-22(38(6)7)25(43)21(28(46)36-13-40)27(45)31(17,48)26(44)19(14)24(42)20(16)23(15)41/h10,14,17,22,40-42,45,48H,8-9,11-13H2,1-7H3,(H,36,46)/t14-,17-,22-,31-/m0/s1. The minimum absolute atomic E-state index is 0.0295. The molecule has 13 nitrogen and oxygen atoms in total. The smallest absolute Gasteiger partial charge is 0.471 e. The first-order chi connectivity index (χ1) is 22.0. The Balaban J connectivity index is 1.95. The van der Waals surface area contributed by atoms with Gasteiger partial charge in [-0.2, -0.15) is 13.2 Å². The number of carbonyl (C=O) groups is 4. The number of phenolic OH excluding ortho intramolecular Hbond substituents is 1. The van der Waals surface area contributed by atoms with Crippen LogP contribution in [0.1, 0.15) is 43.9 Å². The highest BCUT2D eigenvalue weighted by Gasteiger charge is 2.64. The van der Waals surface area contributed by atoms with Gasteiger partial charge >= 0.3 is 12.1 Å². The first kappa shape index (κ1) is 36.7. The number of amides is 2. The normalized spacial score (nSPS) is 24.3. The third-order valence-electron chi connectivity index (χ3n) is 9.03. The third kappa shape index (κ3) is 6.00. The molecular weight excluding hydrogens is 641 g/mol. The Morgan fingerprint density at radius 2 is 1.67 bits per heavy atom. The molecule has 16 heteroatoms. The lowest BCUT2D eigenvalue weighted by Crippen LogP contribution is -2.65. The van der Waals surface area contributed by atoms with E-state index in [-0.39, 0.29) is 30.5 Å². The van der Waals surface area contributed by atoms with Gasteiger partial charge in [0.05, 0.1) is 11.6 Å². The summed E-state index contributed by atoms with van der Waals surface area (Å²) in [5.41, 5.74) is -4.81. The molecule has 0 aromatic heterocycles. The number of alkyl halides is 3. The van der Waals surface area contributed by atoms with Crippen molar-refractivity contribution in [2.45, 2.75) is 58.0 Å². The van der Waals surface area contributed by atoms with E-state index in [2.05, 4.69) is 0 Å². The number of nitrogens with one attached hydrogen (secondary N) is 1. The topological polar surface area (TPSA) is 191 Å². The number of carbonyl (C=O) groups excluding carboxylic acids is 4. The minimum atomic E-state index is -5.22. The van der Waals surface area contributed by atoms with Crippen LogP contribution in [0.25, 0.3) is 5.76 Å². The number of aromatic hydroxyl groups is 1. The summed E-state index contributed by atoms with van der Waals surface area (Å²) in [5.74, 6) is -10.4. The Morgan fingerprint density at radius 1 is 1.06 bits per heavy atom. The van der Waals surface area contributed by atoms with E-state index in [4.69, 9.17) is 0 Å². The summed E-state index contributed by atoms with van der Waals surface area (Å²) in [7, 11) is 6.20. The van der Waals surface area contributed by atoms with Crippen LogP contribution in [0.2, 0.25) is 0 Å². The zero-order valence-corrected chi connectivity index (χ0v) is 27.7. The Labute approximate surface area is 274 Å². The number of likely N-dealkylation sites (N-methyl/N-ethyl adjacent to an activating group) is 1. The zero-order valence-electron chi connectivity index (χ0n) is 27.7.